The third kappa shape index (κ3) is 3.81. The molecule has 7 nitrogen and oxygen atoms in total. The van der Waals surface area contributed by atoms with Crippen LogP contribution in [0.25, 0.3) is 6.08 Å². The highest BCUT2D eigenvalue weighted by Gasteiger charge is 2.24. The van der Waals surface area contributed by atoms with Crippen molar-refractivity contribution in [1.29, 1.82) is 0 Å². The molecule has 3 rings (SSSR count). The molecule has 1 amide bonds. The molecule has 0 aromatic heterocycles. The van der Waals surface area contributed by atoms with Crippen molar-refractivity contribution in [1.82, 2.24) is 4.90 Å². The SMILES string of the molecule is O=C(O)CC1CN(C(=O)/C=C/c2ccc3c(c2)OCO3)CCO1. The van der Waals surface area contributed by atoms with Crippen LogP contribution in [0, 0.1) is 0 Å². The topological polar surface area (TPSA) is 85.3 Å². The monoisotopic (exact) mass is 319 g/mol. The van der Waals surface area contributed by atoms with Crippen LogP contribution in [0.4, 0.5) is 0 Å². The number of carbonyl (C=O) groups is 2. The quantitative estimate of drug-likeness (QED) is 0.838. The number of aliphatic carboxylic acids is 1. The maximum Gasteiger partial charge on any atom is 0.306 e. The molecule has 0 spiro atoms. The number of fused-ring (bicyclic) bond motifs is 1. The van der Waals surface area contributed by atoms with Gasteiger partial charge in [0.05, 0.1) is 19.1 Å². The number of rotatable bonds is 4. The number of benzene rings is 1. The molecule has 1 unspecified atom stereocenters. The maximum absolute atomic E-state index is 12.2. The molecular weight excluding hydrogens is 302 g/mol. The number of carboxylic acid groups (broad SMARTS) is 1. The summed E-state index contributed by atoms with van der Waals surface area (Å²) in [5.41, 5.74) is 0.831. The molecule has 2 aliphatic heterocycles. The summed E-state index contributed by atoms with van der Waals surface area (Å²) in [5, 5.41) is 8.80. The summed E-state index contributed by atoms with van der Waals surface area (Å²) in [6.45, 7) is 1.30. The van der Waals surface area contributed by atoms with Crippen LogP contribution >= 0.6 is 0 Å². The predicted molar refractivity (Wildman–Crippen MR) is 80.2 cm³/mol. The lowest BCUT2D eigenvalue weighted by Crippen LogP contribution is -2.45. The highest BCUT2D eigenvalue weighted by atomic mass is 16.7. The van der Waals surface area contributed by atoms with E-state index < -0.39 is 12.1 Å². The molecule has 0 aliphatic carbocycles. The molecule has 2 heterocycles. The Bertz CT molecular complexity index is 641. The first kappa shape index (κ1) is 15.4. The van der Waals surface area contributed by atoms with E-state index in [-0.39, 0.29) is 25.7 Å². The average molecular weight is 319 g/mol. The van der Waals surface area contributed by atoms with Crippen molar-refractivity contribution >= 4 is 18.0 Å². The molecule has 7 heteroatoms. The number of morpholine rings is 1. The van der Waals surface area contributed by atoms with Crippen molar-refractivity contribution in [2.75, 3.05) is 26.5 Å². The average Bonchev–Trinajstić information content (AvgIpc) is 3.00. The highest BCUT2D eigenvalue weighted by Crippen LogP contribution is 2.32. The van der Waals surface area contributed by atoms with Gasteiger partial charge in [-0.25, -0.2) is 0 Å². The fraction of sp³-hybridized carbons (Fsp3) is 0.375. The smallest absolute Gasteiger partial charge is 0.306 e. The van der Waals surface area contributed by atoms with Crippen LogP contribution in [0.15, 0.2) is 24.3 Å². The Balaban J connectivity index is 1.60. The Kier molecular flexibility index (Phi) is 4.47. The minimum Gasteiger partial charge on any atom is -0.481 e. The fourth-order valence-corrected chi connectivity index (χ4v) is 2.53. The van der Waals surface area contributed by atoms with Crippen LogP contribution in [-0.4, -0.2) is 54.5 Å². The zero-order valence-corrected chi connectivity index (χ0v) is 12.4. The van der Waals surface area contributed by atoms with E-state index in [0.29, 0.717) is 24.7 Å². The molecule has 1 fully saturated rings. The van der Waals surface area contributed by atoms with Crippen LogP contribution in [0.2, 0.25) is 0 Å². The zero-order chi connectivity index (χ0) is 16.2. The van der Waals surface area contributed by atoms with Crippen LogP contribution in [0.1, 0.15) is 12.0 Å². The normalized spacial score (nSPS) is 20.0. The minimum absolute atomic E-state index is 0.102. The van der Waals surface area contributed by atoms with Crippen molar-refractivity contribution in [2.24, 2.45) is 0 Å². The highest BCUT2D eigenvalue weighted by molar-refractivity contribution is 5.92. The van der Waals surface area contributed by atoms with Crippen molar-refractivity contribution in [3.63, 3.8) is 0 Å². The minimum atomic E-state index is -0.930. The molecule has 122 valence electrons. The van der Waals surface area contributed by atoms with E-state index in [9.17, 15) is 9.59 Å². The van der Waals surface area contributed by atoms with Gasteiger partial charge in [0.15, 0.2) is 11.5 Å². The molecule has 1 N–H and O–H groups in total. The summed E-state index contributed by atoms with van der Waals surface area (Å²) < 4.78 is 15.9. The Hall–Kier alpha value is -2.54. The van der Waals surface area contributed by atoms with Crippen molar-refractivity contribution in [2.45, 2.75) is 12.5 Å². The molecular formula is C16H17NO6. The van der Waals surface area contributed by atoms with E-state index in [1.54, 1.807) is 23.1 Å². The Morgan fingerprint density at radius 2 is 2.13 bits per heavy atom. The van der Waals surface area contributed by atoms with Gasteiger partial charge in [-0.1, -0.05) is 6.07 Å². The number of nitrogens with zero attached hydrogens (tertiary/aromatic N) is 1. The summed E-state index contributed by atoms with van der Waals surface area (Å²) in [6, 6.07) is 5.44. The largest absolute Gasteiger partial charge is 0.481 e. The molecule has 1 saturated heterocycles. The lowest BCUT2D eigenvalue weighted by Gasteiger charge is -2.31. The number of hydrogen-bond acceptors (Lipinski definition) is 5. The summed E-state index contributed by atoms with van der Waals surface area (Å²) in [5.74, 6) is 0.257. The van der Waals surface area contributed by atoms with Crippen molar-refractivity contribution in [3.05, 3.63) is 29.8 Å². The summed E-state index contributed by atoms with van der Waals surface area (Å²) >= 11 is 0. The van der Waals surface area contributed by atoms with Gasteiger partial charge in [0.2, 0.25) is 12.7 Å². The molecule has 0 radical (unpaired) electrons. The van der Waals surface area contributed by atoms with Gasteiger partial charge >= 0.3 is 5.97 Å². The second kappa shape index (κ2) is 6.70. The third-order valence-corrected chi connectivity index (χ3v) is 3.67. The van der Waals surface area contributed by atoms with Crippen LogP contribution in [0.3, 0.4) is 0 Å². The molecule has 2 aliphatic rings. The predicted octanol–water partition coefficient (Wildman–Crippen LogP) is 1.13. The molecule has 1 aromatic rings. The van der Waals surface area contributed by atoms with Crippen molar-refractivity contribution < 1.29 is 28.9 Å². The van der Waals surface area contributed by atoms with E-state index >= 15 is 0 Å². The summed E-state index contributed by atoms with van der Waals surface area (Å²) in [7, 11) is 0. The fourth-order valence-electron chi connectivity index (χ4n) is 2.53. The number of hydrogen-bond donors (Lipinski definition) is 1. The Morgan fingerprint density at radius 3 is 2.96 bits per heavy atom. The zero-order valence-electron chi connectivity index (χ0n) is 12.4. The van der Waals surface area contributed by atoms with Crippen LogP contribution < -0.4 is 9.47 Å². The van der Waals surface area contributed by atoms with Gasteiger partial charge < -0.3 is 24.2 Å². The summed E-state index contributed by atoms with van der Waals surface area (Å²) in [4.78, 5) is 24.5. The summed E-state index contributed by atoms with van der Waals surface area (Å²) in [6.07, 6.45) is 2.62. The van der Waals surface area contributed by atoms with E-state index in [4.69, 9.17) is 19.3 Å². The second-order valence-corrected chi connectivity index (χ2v) is 5.32. The maximum atomic E-state index is 12.2. The van der Waals surface area contributed by atoms with E-state index in [1.165, 1.54) is 6.08 Å². The third-order valence-electron chi connectivity index (χ3n) is 3.67. The Labute approximate surface area is 133 Å². The molecule has 23 heavy (non-hydrogen) atoms. The first-order valence-corrected chi connectivity index (χ1v) is 7.32. The van der Waals surface area contributed by atoms with Gasteiger partial charge in [-0.15, -0.1) is 0 Å². The molecule has 1 aromatic carbocycles. The number of amides is 1. The molecule has 0 saturated carbocycles. The lowest BCUT2D eigenvalue weighted by molar-refractivity contribution is -0.145. The van der Waals surface area contributed by atoms with Gasteiger partial charge in [0.25, 0.3) is 0 Å². The number of carbonyl (C=O) groups excluding carboxylic acids is 1. The standard InChI is InChI=1S/C16H17NO6/c18-15(17-5-6-21-12(9-17)8-16(19)20)4-2-11-1-3-13-14(7-11)23-10-22-13/h1-4,7,12H,5-6,8-10H2,(H,19,20)/b4-2+. The lowest BCUT2D eigenvalue weighted by atomic mass is 10.1. The first-order chi connectivity index (χ1) is 11.1. The van der Waals surface area contributed by atoms with Crippen LogP contribution in [-0.2, 0) is 14.3 Å². The second-order valence-electron chi connectivity index (χ2n) is 5.32. The van der Waals surface area contributed by atoms with Gasteiger partial charge in [0.1, 0.15) is 0 Å². The van der Waals surface area contributed by atoms with E-state index in [1.807, 2.05) is 6.07 Å². The van der Waals surface area contributed by atoms with Crippen molar-refractivity contribution in [3.8, 4) is 11.5 Å². The molecule has 1 atom stereocenters. The first-order valence-electron chi connectivity index (χ1n) is 7.32. The number of ether oxygens (including phenoxy) is 3. The van der Waals surface area contributed by atoms with Gasteiger partial charge in [-0.05, 0) is 23.8 Å². The van der Waals surface area contributed by atoms with Gasteiger partial charge in [0, 0.05) is 19.2 Å². The van der Waals surface area contributed by atoms with Gasteiger partial charge in [-0.3, -0.25) is 9.59 Å². The van der Waals surface area contributed by atoms with Crippen LogP contribution in [0.5, 0.6) is 11.5 Å². The molecule has 0 bridgehead atoms. The van der Waals surface area contributed by atoms with E-state index in [2.05, 4.69) is 0 Å². The number of carboxylic acids is 1. The van der Waals surface area contributed by atoms with Gasteiger partial charge in [-0.2, -0.15) is 0 Å². The Morgan fingerprint density at radius 1 is 1.30 bits per heavy atom. The van der Waals surface area contributed by atoms with E-state index in [0.717, 1.165) is 5.56 Å².